The minimum atomic E-state index is -0.215. The molecule has 0 bridgehead atoms. The topological polar surface area (TPSA) is 194 Å². The number of thiol groups is 1. The van der Waals surface area contributed by atoms with Gasteiger partial charge in [0.05, 0.1) is 39.9 Å². The molecule has 17 heteroatoms. The number of likely N-dealkylation sites (tertiary alicyclic amines) is 2. The number of pyridine rings is 2. The fourth-order valence-corrected chi connectivity index (χ4v) is 8.37. The number of H-pyrrole nitrogens is 2. The molecule has 2 unspecified atom stereocenters. The molecule has 2 aromatic carbocycles. The molecule has 2 saturated heterocycles. The molecule has 0 saturated carbocycles. The second-order valence-corrected chi connectivity index (χ2v) is 16.3. The number of amides is 2. The van der Waals surface area contributed by atoms with E-state index in [2.05, 4.69) is 67.9 Å². The Morgan fingerprint density at radius 2 is 1.23 bits per heavy atom. The molecule has 4 aromatic heterocycles. The number of nitrogens with zero attached hydrogens (tertiary/aromatic N) is 7. The van der Waals surface area contributed by atoms with Crippen molar-refractivity contribution in [3.8, 4) is 5.75 Å². The zero-order chi connectivity index (χ0) is 46.1. The van der Waals surface area contributed by atoms with E-state index in [0.717, 1.165) is 113 Å². The quantitative estimate of drug-likeness (QED) is 0.0954. The zero-order valence-electron chi connectivity index (χ0n) is 37.8. The largest absolute Gasteiger partial charge is 0.491 e. The van der Waals surface area contributed by atoms with Gasteiger partial charge in [-0.2, -0.15) is 12.6 Å². The standard InChI is InChI=1S/C24H30N6O2.C23H27N5O3.CH4S/c1-25-24(32)21-10-9-18(15-26-21)29(2)12-13-30-11-5-6-17(16-30)14-22-27-20-8-4-3-7-19(20)23(31)28-22;1-24-23(30)20-9-8-17(14-25-20)31-12-11-28-10-4-5-16(15-28)13-21-26-19-7-3-2-6-18(19)22(29)27-21;1-2/h3-4,7-10,15,17H,5-6,11-14,16H2,1-2H3,(H,25,32)(H,27,28,31);2-3,6-9,14,16H,4-5,10-13,15H2,1H3,(H,24,30)(H,26,27,29);2H,1H3. The Balaban J connectivity index is 0.000000208. The van der Waals surface area contributed by atoms with E-state index in [-0.39, 0.29) is 22.9 Å². The van der Waals surface area contributed by atoms with E-state index >= 15 is 0 Å². The van der Waals surface area contributed by atoms with E-state index in [1.165, 1.54) is 0 Å². The lowest BCUT2D eigenvalue weighted by Gasteiger charge is -2.34. The van der Waals surface area contributed by atoms with E-state index < -0.39 is 0 Å². The van der Waals surface area contributed by atoms with Crippen molar-refractivity contribution < 1.29 is 14.3 Å². The van der Waals surface area contributed by atoms with Gasteiger partial charge in [0.25, 0.3) is 22.9 Å². The summed E-state index contributed by atoms with van der Waals surface area (Å²) in [6, 6.07) is 22.0. The van der Waals surface area contributed by atoms with Crippen LogP contribution in [0.4, 0.5) is 5.69 Å². The number of likely N-dealkylation sites (N-methyl/N-ethyl adjacent to an activating group) is 1. The number of ether oxygens (including phenoxy) is 1. The predicted octanol–water partition coefficient (Wildman–Crippen LogP) is 4.63. The lowest BCUT2D eigenvalue weighted by molar-refractivity contribution is 0.0950. The molecule has 2 fully saturated rings. The number of hydrogen-bond donors (Lipinski definition) is 5. The third kappa shape index (κ3) is 13.7. The average Bonchev–Trinajstić information content (AvgIpc) is 3.34. The second-order valence-electron chi connectivity index (χ2n) is 16.3. The van der Waals surface area contributed by atoms with Crippen molar-refractivity contribution in [3.05, 3.63) is 129 Å². The molecule has 344 valence electrons. The van der Waals surface area contributed by atoms with Gasteiger partial charge in [-0.25, -0.2) is 19.9 Å². The zero-order valence-corrected chi connectivity index (χ0v) is 38.7. The molecule has 2 aliphatic rings. The smallest absolute Gasteiger partial charge is 0.269 e. The first kappa shape index (κ1) is 48.3. The summed E-state index contributed by atoms with van der Waals surface area (Å²) in [5.74, 6) is 2.72. The maximum Gasteiger partial charge on any atom is 0.269 e. The Labute approximate surface area is 385 Å². The lowest BCUT2D eigenvalue weighted by atomic mass is 9.94. The van der Waals surface area contributed by atoms with Gasteiger partial charge in [0.2, 0.25) is 0 Å². The molecule has 65 heavy (non-hydrogen) atoms. The highest BCUT2D eigenvalue weighted by Gasteiger charge is 2.23. The number of carbonyl (C=O) groups excluding carboxylic acids is 2. The van der Waals surface area contributed by atoms with Crippen LogP contribution in [-0.2, 0) is 12.8 Å². The average molecular weight is 904 g/mol. The molecule has 0 spiro atoms. The maximum atomic E-state index is 12.4. The van der Waals surface area contributed by atoms with Crippen LogP contribution >= 0.6 is 12.6 Å². The molecule has 0 radical (unpaired) electrons. The van der Waals surface area contributed by atoms with Crippen LogP contribution in [0.25, 0.3) is 21.8 Å². The molecular weight excluding hydrogens is 843 g/mol. The number of rotatable bonds is 14. The molecule has 6 aromatic rings. The van der Waals surface area contributed by atoms with Crippen molar-refractivity contribution in [3.63, 3.8) is 0 Å². The second kappa shape index (κ2) is 24.2. The molecule has 8 rings (SSSR count). The van der Waals surface area contributed by atoms with Crippen LogP contribution < -0.4 is 31.4 Å². The van der Waals surface area contributed by atoms with Gasteiger partial charge in [-0.05, 0) is 105 Å². The third-order valence-electron chi connectivity index (χ3n) is 11.8. The van der Waals surface area contributed by atoms with Gasteiger partial charge in [0.15, 0.2) is 0 Å². The van der Waals surface area contributed by atoms with Gasteiger partial charge >= 0.3 is 0 Å². The van der Waals surface area contributed by atoms with Gasteiger partial charge in [-0.15, -0.1) is 0 Å². The number of piperidine rings is 2. The van der Waals surface area contributed by atoms with Crippen LogP contribution in [0.5, 0.6) is 5.75 Å². The monoisotopic (exact) mass is 903 g/mol. The molecule has 2 amide bonds. The summed E-state index contributed by atoms with van der Waals surface area (Å²) in [6.45, 7) is 7.26. The molecule has 0 aliphatic carbocycles. The highest BCUT2D eigenvalue weighted by atomic mass is 32.1. The molecule has 6 heterocycles. The lowest BCUT2D eigenvalue weighted by Crippen LogP contribution is -2.40. The van der Waals surface area contributed by atoms with Gasteiger partial charge in [0.1, 0.15) is 35.4 Å². The van der Waals surface area contributed by atoms with Crippen molar-refractivity contribution >= 4 is 51.9 Å². The minimum absolute atomic E-state index is 0.0593. The van der Waals surface area contributed by atoms with Gasteiger partial charge in [-0.3, -0.25) is 24.1 Å². The molecular formula is C48H61N11O5S. The van der Waals surface area contributed by atoms with E-state index in [4.69, 9.17) is 4.74 Å². The number of carbonyl (C=O) groups is 2. The van der Waals surface area contributed by atoms with Crippen LogP contribution in [-0.4, -0.2) is 131 Å². The van der Waals surface area contributed by atoms with Crippen LogP contribution in [0.2, 0.25) is 0 Å². The normalized spacial score (nSPS) is 16.4. The van der Waals surface area contributed by atoms with Gasteiger partial charge in [-0.1, -0.05) is 24.3 Å². The predicted molar refractivity (Wildman–Crippen MR) is 259 cm³/mol. The molecule has 4 N–H and O–H groups in total. The van der Waals surface area contributed by atoms with Crippen molar-refractivity contribution in [1.82, 2.24) is 50.3 Å². The van der Waals surface area contributed by atoms with Crippen molar-refractivity contribution in [1.29, 1.82) is 0 Å². The summed E-state index contributed by atoms with van der Waals surface area (Å²) in [5.41, 5.74) is 3.16. The van der Waals surface area contributed by atoms with Crippen molar-refractivity contribution in [2.24, 2.45) is 11.8 Å². The van der Waals surface area contributed by atoms with E-state index in [0.29, 0.717) is 46.4 Å². The minimum Gasteiger partial charge on any atom is -0.491 e. The maximum absolute atomic E-state index is 12.4. The summed E-state index contributed by atoms with van der Waals surface area (Å²) >= 11 is 3.53. The first-order valence-electron chi connectivity index (χ1n) is 22.2. The van der Waals surface area contributed by atoms with Crippen molar-refractivity contribution in [2.75, 3.05) is 84.7 Å². The number of anilines is 1. The fourth-order valence-electron chi connectivity index (χ4n) is 8.37. The SMILES string of the molecule is CNC(=O)c1ccc(N(C)CCN2CCCC(Cc3nc4ccccc4c(=O)[nH]3)C2)cn1.CNC(=O)c1ccc(OCCN2CCCC(Cc3nc4ccccc4c(=O)[nH]3)C2)cn1.CS. The Kier molecular flexibility index (Phi) is 18.0. The number of hydrogen-bond acceptors (Lipinski definition) is 13. The van der Waals surface area contributed by atoms with Crippen LogP contribution in [0.15, 0.2) is 94.8 Å². The summed E-state index contributed by atoms with van der Waals surface area (Å²) in [6.07, 6.45) is 11.1. The molecule has 2 aliphatic heterocycles. The van der Waals surface area contributed by atoms with Crippen molar-refractivity contribution in [2.45, 2.75) is 38.5 Å². The summed E-state index contributed by atoms with van der Waals surface area (Å²) in [5, 5.41) is 6.40. The van der Waals surface area contributed by atoms with E-state index in [1.807, 2.05) is 55.6 Å². The number of aromatic nitrogens is 6. The fraction of sp³-hybridized carbons (Fsp3) is 0.417. The van der Waals surface area contributed by atoms with Crippen LogP contribution in [0.3, 0.4) is 0 Å². The first-order chi connectivity index (χ1) is 31.6. The van der Waals surface area contributed by atoms with Gasteiger partial charge in [0, 0.05) is 66.7 Å². The molecule has 16 nitrogen and oxygen atoms in total. The number of aromatic amines is 2. The summed E-state index contributed by atoms with van der Waals surface area (Å²) < 4.78 is 5.80. The summed E-state index contributed by atoms with van der Waals surface area (Å²) in [7, 11) is 5.22. The number of fused-ring (bicyclic) bond motifs is 2. The number of benzene rings is 2. The van der Waals surface area contributed by atoms with Crippen LogP contribution in [0, 0.1) is 11.8 Å². The van der Waals surface area contributed by atoms with Gasteiger partial charge < -0.3 is 35.1 Å². The number of nitrogens with one attached hydrogen (secondary N) is 4. The highest BCUT2D eigenvalue weighted by molar-refractivity contribution is 7.79. The summed E-state index contributed by atoms with van der Waals surface area (Å²) in [4.78, 5) is 78.5. The number of para-hydroxylation sites is 2. The first-order valence-corrected chi connectivity index (χ1v) is 23.1. The Morgan fingerprint density at radius 3 is 1.72 bits per heavy atom. The Bertz CT molecular complexity index is 2590. The third-order valence-corrected chi connectivity index (χ3v) is 11.8. The Morgan fingerprint density at radius 1 is 0.723 bits per heavy atom. The van der Waals surface area contributed by atoms with Crippen LogP contribution in [0.1, 0.15) is 58.3 Å². The Hall–Kier alpha value is -6.17. The van der Waals surface area contributed by atoms with E-state index in [1.54, 1.807) is 57.0 Å². The highest BCUT2D eigenvalue weighted by Crippen LogP contribution is 2.22. The molecule has 2 atom stereocenters. The van der Waals surface area contributed by atoms with E-state index in [9.17, 15) is 19.2 Å².